The van der Waals surface area contributed by atoms with Gasteiger partial charge in [0.1, 0.15) is 6.79 Å². The molecule has 2 aromatic rings. The molecule has 6 nitrogen and oxygen atoms in total. The summed E-state index contributed by atoms with van der Waals surface area (Å²) in [6.45, 7) is 1.29. The van der Waals surface area contributed by atoms with Crippen LogP contribution in [0.25, 0.3) is 0 Å². The summed E-state index contributed by atoms with van der Waals surface area (Å²) in [4.78, 5) is 16.2. The number of nitrogens with zero attached hydrogens (tertiary/aromatic N) is 2. The number of nitrogens with one attached hydrogen (secondary N) is 1. The smallest absolute Gasteiger partial charge is 0.271 e. The molecule has 1 saturated heterocycles. The Morgan fingerprint density at radius 1 is 1.04 bits per heavy atom. The van der Waals surface area contributed by atoms with E-state index in [1.807, 2.05) is 30.3 Å². The molecule has 1 aliphatic rings. The summed E-state index contributed by atoms with van der Waals surface area (Å²) in [5, 5.41) is 4.32. The number of carbonyl (C=O) groups is 1. The Balaban J connectivity index is 1.81. The van der Waals surface area contributed by atoms with Crippen molar-refractivity contribution in [1.82, 2.24) is 10.4 Å². The van der Waals surface area contributed by atoms with Crippen LogP contribution in [-0.4, -0.2) is 36.6 Å². The first kappa shape index (κ1) is 15.3. The molecule has 0 saturated carbocycles. The minimum absolute atomic E-state index is 0.0396. The van der Waals surface area contributed by atoms with Crippen molar-refractivity contribution in [3.63, 3.8) is 0 Å². The molecule has 0 aliphatic carbocycles. The number of benzene rings is 1. The van der Waals surface area contributed by atoms with E-state index in [1.165, 1.54) is 0 Å². The lowest BCUT2D eigenvalue weighted by Crippen LogP contribution is -2.33. The van der Waals surface area contributed by atoms with Gasteiger partial charge in [0.25, 0.3) is 5.91 Å². The third-order valence-corrected chi connectivity index (χ3v) is 3.48. The van der Waals surface area contributed by atoms with E-state index in [-0.39, 0.29) is 18.6 Å². The summed E-state index contributed by atoms with van der Waals surface area (Å²) in [6.07, 6.45) is 3.38. The zero-order valence-corrected chi connectivity index (χ0v) is 12.5. The van der Waals surface area contributed by atoms with Crippen LogP contribution >= 0.6 is 0 Å². The minimum Gasteiger partial charge on any atom is -0.355 e. The highest BCUT2D eigenvalue weighted by molar-refractivity contribution is 6.03. The molecule has 1 N–H and O–H groups in total. The van der Waals surface area contributed by atoms with Gasteiger partial charge in [-0.15, -0.1) is 0 Å². The maximum atomic E-state index is 12.2. The molecule has 0 radical (unpaired) electrons. The predicted octanol–water partition coefficient (Wildman–Crippen LogP) is 1.84. The number of hydrogen-bond acceptors (Lipinski definition) is 5. The fourth-order valence-electron chi connectivity index (χ4n) is 2.32. The summed E-state index contributed by atoms with van der Waals surface area (Å²) in [5.74, 6) is -0.294. The summed E-state index contributed by atoms with van der Waals surface area (Å²) < 4.78 is 10.7. The first-order valence-corrected chi connectivity index (χ1v) is 7.33. The van der Waals surface area contributed by atoms with Crippen LogP contribution in [0.2, 0.25) is 0 Å². The van der Waals surface area contributed by atoms with Gasteiger partial charge in [0.15, 0.2) is 0 Å². The van der Waals surface area contributed by atoms with Crippen molar-refractivity contribution < 1.29 is 14.3 Å². The van der Waals surface area contributed by atoms with Gasteiger partial charge < -0.3 is 9.47 Å². The molecule has 2 heterocycles. The Morgan fingerprint density at radius 3 is 2.43 bits per heavy atom. The Kier molecular flexibility index (Phi) is 5.08. The maximum absolute atomic E-state index is 12.2. The number of aromatic nitrogens is 1. The number of pyridine rings is 1. The molecule has 1 aromatic heterocycles. The van der Waals surface area contributed by atoms with Crippen LogP contribution < -0.4 is 5.43 Å². The molecule has 6 heteroatoms. The van der Waals surface area contributed by atoms with Crippen molar-refractivity contribution >= 4 is 11.6 Å². The van der Waals surface area contributed by atoms with Crippen molar-refractivity contribution in [3.8, 4) is 0 Å². The third kappa shape index (κ3) is 4.00. The fourth-order valence-corrected chi connectivity index (χ4v) is 2.32. The number of hydrazone groups is 1. The standard InChI is InChI=1S/C17H17N3O3/c21-17(14-4-2-1-3-5-14)20-19-16(13-6-8-18-9-7-13)15-10-22-12-23-11-15/h1-9,15H,10-12H2,(H,20,21). The molecule has 1 aliphatic heterocycles. The first-order chi connectivity index (χ1) is 11.3. The van der Waals surface area contributed by atoms with Crippen LogP contribution in [0.3, 0.4) is 0 Å². The zero-order chi connectivity index (χ0) is 15.9. The maximum Gasteiger partial charge on any atom is 0.271 e. The molecule has 0 unspecified atom stereocenters. The van der Waals surface area contributed by atoms with Crippen LogP contribution in [0.15, 0.2) is 60.0 Å². The van der Waals surface area contributed by atoms with Crippen LogP contribution in [0.5, 0.6) is 0 Å². The van der Waals surface area contributed by atoms with E-state index in [0.29, 0.717) is 18.8 Å². The van der Waals surface area contributed by atoms with Gasteiger partial charge in [0.2, 0.25) is 0 Å². The summed E-state index contributed by atoms with van der Waals surface area (Å²) in [6, 6.07) is 12.7. The minimum atomic E-state index is -0.255. The first-order valence-electron chi connectivity index (χ1n) is 7.33. The van der Waals surface area contributed by atoms with Crippen molar-refractivity contribution in [2.45, 2.75) is 0 Å². The molecule has 0 atom stereocenters. The van der Waals surface area contributed by atoms with E-state index in [2.05, 4.69) is 15.5 Å². The van der Waals surface area contributed by atoms with Gasteiger partial charge in [-0.2, -0.15) is 5.10 Å². The highest BCUT2D eigenvalue weighted by Crippen LogP contribution is 2.14. The van der Waals surface area contributed by atoms with E-state index in [9.17, 15) is 4.79 Å². The molecule has 0 bridgehead atoms. The lowest BCUT2D eigenvalue weighted by molar-refractivity contribution is -0.111. The van der Waals surface area contributed by atoms with Crippen molar-refractivity contribution in [2.24, 2.45) is 11.0 Å². The SMILES string of the molecule is O=C(NN=C(c1ccncc1)C1COCOC1)c1ccccc1. The molecule has 0 spiro atoms. The molecular weight excluding hydrogens is 294 g/mol. The molecular formula is C17H17N3O3. The second kappa shape index (κ2) is 7.62. The van der Waals surface area contributed by atoms with Gasteiger partial charge >= 0.3 is 0 Å². The Labute approximate surface area is 134 Å². The van der Waals surface area contributed by atoms with Gasteiger partial charge in [-0.05, 0) is 24.3 Å². The number of rotatable bonds is 4. The van der Waals surface area contributed by atoms with Gasteiger partial charge in [0, 0.05) is 23.5 Å². The lowest BCUT2D eigenvalue weighted by atomic mass is 9.98. The van der Waals surface area contributed by atoms with E-state index in [1.54, 1.807) is 24.5 Å². The molecule has 23 heavy (non-hydrogen) atoms. The number of ether oxygens (including phenoxy) is 2. The van der Waals surface area contributed by atoms with Crippen LogP contribution in [0.1, 0.15) is 15.9 Å². The Morgan fingerprint density at radius 2 is 1.74 bits per heavy atom. The van der Waals surface area contributed by atoms with E-state index >= 15 is 0 Å². The Bertz CT molecular complexity index is 668. The van der Waals surface area contributed by atoms with E-state index < -0.39 is 0 Å². The largest absolute Gasteiger partial charge is 0.355 e. The van der Waals surface area contributed by atoms with Gasteiger partial charge in [-0.3, -0.25) is 9.78 Å². The zero-order valence-electron chi connectivity index (χ0n) is 12.5. The van der Waals surface area contributed by atoms with Crippen LogP contribution in [0.4, 0.5) is 0 Å². The van der Waals surface area contributed by atoms with Gasteiger partial charge in [-0.1, -0.05) is 18.2 Å². The fraction of sp³-hybridized carbons (Fsp3) is 0.235. The molecule has 1 fully saturated rings. The van der Waals surface area contributed by atoms with E-state index in [0.717, 1.165) is 11.3 Å². The van der Waals surface area contributed by atoms with Crippen LogP contribution in [-0.2, 0) is 9.47 Å². The second-order valence-electron chi connectivity index (χ2n) is 5.10. The quantitative estimate of drug-likeness (QED) is 0.691. The molecule has 1 amide bonds. The highest BCUT2D eigenvalue weighted by atomic mass is 16.7. The normalized spacial score (nSPS) is 16.1. The summed E-state index contributed by atoms with van der Waals surface area (Å²) >= 11 is 0. The van der Waals surface area contributed by atoms with Gasteiger partial charge in [0.05, 0.1) is 24.8 Å². The molecule has 1 aromatic carbocycles. The Hall–Kier alpha value is -2.57. The number of hydrogen-bond donors (Lipinski definition) is 1. The molecule has 3 rings (SSSR count). The average molecular weight is 311 g/mol. The van der Waals surface area contributed by atoms with Crippen molar-refractivity contribution in [1.29, 1.82) is 0 Å². The monoisotopic (exact) mass is 311 g/mol. The highest BCUT2D eigenvalue weighted by Gasteiger charge is 2.22. The number of carbonyl (C=O) groups excluding carboxylic acids is 1. The van der Waals surface area contributed by atoms with E-state index in [4.69, 9.17) is 9.47 Å². The van der Waals surface area contributed by atoms with Crippen LogP contribution in [0, 0.1) is 5.92 Å². The topological polar surface area (TPSA) is 72.8 Å². The second-order valence-corrected chi connectivity index (χ2v) is 5.10. The summed E-state index contributed by atoms with van der Waals surface area (Å²) in [5.41, 5.74) is 4.77. The average Bonchev–Trinajstić information content (AvgIpc) is 2.64. The molecule has 118 valence electrons. The lowest BCUT2D eigenvalue weighted by Gasteiger charge is -2.24. The summed E-state index contributed by atoms with van der Waals surface area (Å²) in [7, 11) is 0. The number of amides is 1. The van der Waals surface area contributed by atoms with Crippen molar-refractivity contribution in [3.05, 3.63) is 66.0 Å². The van der Waals surface area contributed by atoms with Crippen molar-refractivity contribution in [2.75, 3.05) is 20.0 Å². The third-order valence-electron chi connectivity index (χ3n) is 3.48. The predicted molar refractivity (Wildman–Crippen MR) is 84.9 cm³/mol. The van der Waals surface area contributed by atoms with Gasteiger partial charge in [-0.25, -0.2) is 5.43 Å².